The van der Waals surface area contributed by atoms with Crippen molar-refractivity contribution in [3.05, 3.63) is 46.2 Å². The maximum absolute atomic E-state index is 12.9. The Bertz CT molecular complexity index is 771. The normalized spacial score (nSPS) is 20.2. The molecule has 0 saturated heterocycles. The van der Waals surface area contributed by atoms with Gasteiger partial charge in [0.25, 0.3) is 11.8 Å². The molecule has 1 aliphatic heterocycles. The van der Waals surface area contributed by atoms with Gasteiger partial charge < -0.3 is 15.3 Å². The molecule has 1 heterocycles. The Morgan fingerprint density at radius 3 is 2.72 bits per heavy atom. The summed E-state index contributed by atoms with van der Waals surface area (Å²) in [5, 5.41) is 12.5. The number of nitrogens with one attached hydrogen (secondary N) is 1. The lowest BCUT2D eigenvalue weighted by molar-refractivity contribution is -0.137. The first-order chi connectivity index (χ1) is 11.7. The zero-order chi connectivity index (χ0) is 18.4. The third-order valence-corrected chi connectivity index (χ3v) is 4.64. The summed E-state index contributed by atoms with van der Waals surface area (Å²) in [6.45, 7) is 2.06. The summed E-state index contributed by atoms with van der Waals surface area (Å²) in [6, 6.07) is 2.95. The van der Waals surface area contributed by atoms with Gasteiger partial charge in [-0.1, -0.05) is 6.07 Å². The number of alkyl halides is 3. The second-order valence-corrected chi connectivity index (χ2v) is 6.12. The van der Waals surface area contributed by atoms with E-state index in [-0.39, 0.29) is 12.1 Å². The molecule has 2 N–H and O–H groups in total. The maximum Gasteiger partial charge on any atom is 0.416 e. The van der Waals surface area contributed by atoms with E-state index < -0.39 is 35.4 Å². The summed E-state index contributed by atoms with van der Waals surface area (Å²) in [7, 11) is 0. The standard InChI is InChI=1S/C17H17F3N2O3/c1-2-22-8-12(14(23)16(22)25)15(24)21-13-6-4-9-3-5-10(7-11(9)13)17(18,19)20/h3,5,7,13,23H,2,4,6,8H2,1H3,(H,21,24). The van der Waals surface area contributed by atoms with Crippen LogP contribution in [-0.2, 0) is 22.2 Å². The van der Waals surface area contributed by atoms with Gasteiger partial charge in [-0.3, -0.25) is 9.59 Å². The van der Waals surface area contributed by atoms with Gasteiger partial charge in [0.05, 0.1) is 23.7 Å². The third-order valence-electron chi connectivity index (χ3n) is 4.64. The van der Waals surface area contributed by atoms with E-state index in [0.29, 0.717) is 24.9 Å². The smallest absolute Gasteiger partial charge is 0.416 e. The predicted molar refractivity (Wildman–Crippen MR) is 82.6 cm³/mol. The Morgan fingerprint density at radius 1 is 1.40 bits per heavy atom. The molecule has 1 aromatic carbocycles. The fourth-order valence-corrected chi connectivity index (χ4v) is 3.23. The lowest BCUT2D eigenvalue weighted by Crippen LogP contribution is -2.31. The number of aryl methyl sites for hydroxylation is 1. The minimum Gasteiger partial charge on any atom is -0.503 e. The Labute approximate surface area is 142 Å². The molecule has 0 bridgehead atoms. The van der Waals surface area contributed by atoms with Crippen molar-refractivity contribution in [3.8, 4) is 0 Å². The van der Waals surface area contributed by atoms with Gasteiger partial charge in [0.15, 0.2) is 5.76 Å². The highest BCUT2D eigenvalue weighted by molar-refractivity contribution is 6.07. The van der Waals surface area contributed by atoms with E-state index in [1.54, 1.807) is 6.92 Å². The van der Waals surface area contributed by atoms with Crippen LogP contribution in [0, 0.1) is 0 Å². The van der Waals surface area contributed by atoms with Gasteiger partial charge in [-0.15, -0.1) is 0 Å². The van der Waals surface area contributed by atoms with E-state index in [0.717, 1.165) is 17.7 Å². The number of likely N-dealkylation sites (N-methyl/N-ethyl adjacent to an activating group) is 1. The molecule has 2 aliphatic rings. The third kappa shape index (κ3) is 3.08. The molecule has 2 amide bonds. The molecule has 134 valence electrons. The number of amides is 2. The summed E-state index contributed by atoms with van der Waals surface area (Å²) in [5.74, 6) is -1.84. The molecule has 0 aromatic heterocycles. The van der Waals surface area contributed by atoms with E-state index in [2.05, 4.69) is 5.32 Å². The van der Waals surface area contributed by atoms with Crippen LogP contribution < -0.4 is 5.32 Å². The highest BCUT2D eigenvalue weighted by Gasteiger charge is 2.36. The summed E-state index contributed by atoms with van der Waals surface area (Å²) < 4.78 is 38.7. The van der Waals surface area contributed by atoms with Gasteiger partial charge >= 0.3 is 6.18 Å². The van der Waals surface area contributed by atoms with Crippen LogP contribution in [0.3, 0.4) is 0 Å². The van der Waals surface area contributed by atoms with Crippen LogP contribution in [0.25, 0.3) is 0 Å². The van der Waals surface area contributed by atoms with Crippen molar-refractivity contribution < 1.29 is 27.9 Å². The van der Waals surface area contributed by atoms with E-state index in [9.17, 15) is 27.9 Å². The number of carbonyl (C=O) groups excluding carboxylic acids is 2. The number of halogens is 3. The number of aliphatic hydroxyl groups excluding tert-OH is 1. The first-order valence-electron chi connectivity index (χ1n) is 7.94. The summed E-state index contributed by atoms with van der Waals surface area (Å²) >= 11 is 0. The van der Waals surface area contributed by atoms with Gasteiger partial charge in [-0.25, -0.2) is 0 Å². The Kier molecular flexibility index (Phi) is 4.22. The SMILES string of the molecule is CCN1CC(C(=O)NC2CCc3ccc(C(F)(F)F)cc32)=C(O)C1=O. The quantitative estimate of drug-likeness (QED) is 0.876. The van der Waals surface area contributed by atoms with Crippen LogP contribution in [-0.4, -0.2) is 34.9 Å². The fourth-order valence-electron chi connectivity index (χ4n) is 3.23. The van der Waals surface area contributed by atoms with Gasteiger partial charge in [0.1, 0.15) is 0 Å². The molecule has 25 heavy (non-hydrogen) atoms. The van der Waals surface area contributed by atoms with E-state index in [1.807, 2.05) is 0 Å². The van der Waals surface area contributed by atoms with Crippen molar-refractivity contribution in [1.82, 2.24) is 10.2 Å². The van der Waals surface area contributed by atoms with Crippen molar-refractivity contribution in [2.45, 2.75) is 32.0 Å². The number of rotatable bonds is 3. The minimum absolute atomic E-state index is 0.00479. The lowest BCUT2D eigenvalue weighted by atomic mass is 10.0. The van der Waals surface area contributed by atoms with Crippen molar-refractivity contribution in [3.63, 3.8) is 0 Å². The summed E-state index contributed by atoms with van der Waals surface area (Å²) in [5.41, 5.74) is 0.379. The molecule has 3 rings (SSSR count). The summed E-state index contributed by atoms with van der Waals surface area (Å²) in [6.07, 6.45) is -3.42. The van der Waals surface area contributed by atoms with Crippen LogP contribution in [0.15, 0.2) is 29.5 Å². The molecule has 0 fully saturated rings. The van der Waals surface area contributed by atoms with Crippen LogP contribution in [0.2, 0.25) is 0 Å². The first-order valence-corrected chi connectivity index (χ1v) is 7.94. The van der Waals surface area contributed by atoms with Crippen molar-refractivity contribution in [2.75, 3.05) is 13.1 Å². The van der Waals surface area contributed by atoms with Crippen LogP contribution >= 0.6 is 0 Å². The molecule has 0 spiro atoms. The van der Waals surface area contributed by atoms with Crippen molar-refractivity contribution in [1.29, 1.82) is 0 Å². The van der Waals surface area contributed by atoms with E-state index in [1.165, 1.54) is 11.0 Å². The number of hydrogen-bond donors (Lipinski definition) is 2. The number of hydrogen-bond acceptors (Lipinski definition) is 3. The van der Waals surface area contributed by atoms with Gasteiger partial charge in [0.2, 0.25) is 0 Å². The molecule has 0 radical (unpaired) electrons. The van der Waals surface area contributed by atoms with Crippen molar-refractivity contribution >= 4 is 11.8 Å². The van der Waals surface area contributed by atoms with Crippen LogP contribution in [0.5, 0.6) is 0 Å². The number of carbonyl (C=O) groups is 2. The molecule has 0 saturated carbocycles. The molecule has 1 atom stereocenters. The second-order valence-electron chi connectivity index (χ2n) is 6.12. The highest BCUT2D eigenvalue weighted by Crippen LogP contribution is 2.37. The Morgan fingerprint density at radius 2 is 2.12 bits per heavy atom. The fraction of sp³-hybridized carbons (Fsp3) is 0.412. The van der Waals surface area contributed by atoms with Crippen molar-refractivity contribution in [2.24, 2.45) is 0 Å². The molecule has 1 aliphatic carbocycles. The Hall–Kier alpha value is -2.51. The number of fused-ring (bicyclic) bond motifs is 1. The second kappa shape index (κ2) is 6.09. The first kappa shape index (κ1) is 17.3. The largest absolute Gasteiger partial charge is 0.503 e. The average Bonchev–Trinajstić information content (AvgIpc) is 3.08. The number of nitrogens with zero attached hydrogens (tertiary/aromatic N) is 1. The predicted octanol–water partition coefficient (Wildman–Crippen LogP) is 2.48. The molecular formula is C17H17F3N2O3. The van der Waals surface area contributed by atoms with E-state index in [4.69, 9.17) is 0 Å². The molecule has 1 unspecified atom stereocenters. The topological polar surface area (TPSA) is 69.6 Å². The highest BCUT2D eigenvalue weighted by atomic mass is 19.4. The van der Waals surface area contributed by atoms with Gasteiger partial charge in [-0.05, 0) is 43.0 Å². The van der Waals surface area contributed by atoms with Gasteiger partial charge in [0, 0.05) is 6.54 Å². The van der Waals surface area contributed by atoms with E-state index >= 15 is 0 Å². The van der Waals surface area contributed by atoms with Crippen LogP contribution in [0.1, 0.15) is 36.1 Å². The minimum atomic E-state index is -4.45. The Balaban J connectivity index is 1.80. The maximum atomic E-state index is 12.9. The average molecular weight is 354 g/mol. The van der Waals surface area contributed by atoms with Crippen LogP contribution in [0.4, 0.5) is 13.2 Å². The lowest BCUT2D eigenvalue weighted by Gasteiger charge is -2.17. The zero-order valence-electron chi connectivity index (χ0n) is 13.5. The summed E-state index contributed by atoms with van der Waals surface area (Å²) in [4.78, 5) is 25.4. The molecule has 8 heteroatoms. The molecular weight excluding hydrogens is 337 g/mol. The molecule has 1 aromatic rings. The monoisotopic (exact) mass is 354 g/mol. The molecule has 5 nitrogen and oxygen atoms in total. The zero-order valence-corrected chi connectivity index (χ0v) is 13.5. The van der Waals surface area contributed by atoms with Gasteiger partial charge in [-0.2, -0.15) is 13.2 Å². The number of aliphatic hydroxyl groups is 1. The number of benzene rings is 1.